The van der Waals surface area contributed by atoms with Gasteiger partial charge in [-0.3, -0.25) is 14.6 Å². The zero-order valence-electron chi connectivity index (χ0n) is 14.4. The number of fused-ring (bicyclic) bond motifs is 1. The number of rotatable bonds is 6. The Morgan fingerprint density at radius 1 is 1.32 bits per heavy atom. The standard InChI is InChI=1S/C18H21N5O2/c1-12-5-6-19-9-14(12)10-21-17-4-3-15-16(22-17)11-23(18(15)25)8-7-20-13(2)24/h3-6,9H,7-8,10-11H2,1-2H3,(H,20,24)(H,21,22). The van der Waals surface area contributed by atoms with Gasteiger partial charge in [0.1, 0.15) is 5.82 Å². The lowest BCUT2D eigenvalue weighted by molar-refractivity contribution is -0.119. The normalized spacial score (nSPS) is 12.9. The van der Waals surface area contributed by atoms with Crippen molar-refractivity contribution in [3.05, 3.63) is 53.0 Å². The lowest BCUT2D eigenvalue weighted by Crippen LogP contribution is -2.34. The predicted molar refractivity (Wildman–Crippen MR) is 94.0 cm³/mol. The van der Waals surface area contributed by atoms with Gasteiger partial charge in [0, 0.05) is 39.0 Å². The van der Waals surface area contributed by atoms with Crippen LogP contribution in [0.3, 0.4) is 0 Å². The summed E-state index contributed by atoms with van der Waals surface area (Å²) in [5.74, 6) is 0.598. The first-order chi connectivity index (χ1) is 12.0. The van der Waals surface area contributed by atoms with Gasteiger partial charge in [0.2, 0.25) is 5.91 Å². The van der Waals surface area contributed by atoms with Crippen LogP contribution in [0.1, 0.15) is 34.1 Å². The number of aromatic nitrogens is 2. The Morgan fingerprint density at radius 3 is 2.92 bits per heavy atom. The van der Waals surface area contributed by atoms with Gasteiger partial charge in [-0.15, -0.1) is 0 Å². The number of carbonyl (C=O) groups is 2. The maximum atomic E-state index is 12.4. The number of nitrogens with one attached hydrogen (secondary N) is 2. The molecule has 0 aliphatic carbocycles. The second-order valence-electron chi connectivity index (χ2n) is 6.06. The number of aryl methyl sites for hydroxylation is 1. The summed E-state index contributed by atoms with van der Waals surface area (Å²) in [5, 5.41) is 5.98. The highest BCUT2D eigenvalue weighted by Crippen LogP contribution is 2.22. The highest BCUT2D eigenvalue weighted by molar-refractivity contribution is 5.98. The van der Waals surface area contributed by atoms with Crippen molar-refractivity contribution in [2.45, 2.75) is 26.9 Å². The minimum Gasteiger partial charge on any atom is -0.366 e. The molecule has 130 valence electrons. The maximum absolute atomic E-state index is 12.4. The number of anilines is 1. The molecule has 3 heterocycles. The van der Waals surface area contributed by atoms with Gasteiger partial charge in [-0.1, -0.05) is 0 Å². The van der Waals surface area contributed by atoms with E-state index in [1.807, 2.05) is 31.3 Å². The maximum Gasteiger partial charge on any atom is 0.256 e. The molecule has 7 heteroatoms. The van der Waals surface area contributed by atoms with E-state index in [9.17, 15) is 9.59 Å². The molecule has 1 aliphatic heterocycles. The Bertz CT molecular complexity index is 806. The molecular formula is C18H21N5O2. The van der Waals surface area contributed by atoms with Crippen LogP contribution in [-0.2, 0) is 17.9 Å². The number of hydrogen-bond acceptors (Lipinski definition) is 5. The molecule has 2 aromatic rings. The third-order valence-electron chi connectivity index (χ3n) is 4.20. The first-order valence-corrected chi connectivity index (χ1v) is 8.21. The summed E-state index contributed by atoms with van der Waals surface area (Å²) in [7, 11) is 0. The molecule has 2 amide bonds. The van der Waals surface area contributed by atoms with Gasteiger partial charge in [-0.25, -0.2) is 4.98 Å². The smallest absolute Gasteiger partial charge is 0.256 e. The van der Waals surface area contributed by atoms with Crippen molar-refractivity contribution < 1.29 is 9.59 Å². The Labute approximate surface area is 146 Å². The lowest BCUT2D eigenvalue weighted by Gasteiger charge is -2.14. The molecule has 0 unspecified atom stereocenters. The molecular weight excluding hydrogens is 318 g/mol. The summed E-state index contributed by atoms with van der Waals surface area (Å²) >= 11 is 0. The summed E-state index contributed by atoms with van der Waals surface area (Å²) in [5.41, 5.74) is 3.67. The van der Waals surface area contributed by atoms with Crippen LogP contribution in [0, 0.1) is 6.92 Å². The molecule has 0 fully saturated rings. The van der Waals surface area contributed by atoms with Crippen molar-refractivity contribution >= 4 is 17.6 Å². The number of amides is 2. The van der Waals surface area contributed by atoms with E-state index in [2.05, 4.69) is 20.6 Å². The van der Waals surface area contributed by atoms with Crippen LogP contribution in [0.15, 0.2) is 30.6 Å². The molecule has 0 bridgehead atoms. The fourth-order valence-corrected chi connectivity index (χ4v) is 2.75. The van der Waals surface area contributed by atoms with E-state index in [0.717, 1.165) is 17.1 Å². The molecule has 1 aliphatic rings. The summed E-state index contributed by atoms with van der Waals surface area (Å²) in [6.07, 6.45) is 3.61. The van der Waals surface area contributed by atoms with E-state index in [4.69, 9.17) is 0 Å². The van der Waals surface area contributed by atoms with Crippen molar-refractivity contribution in [1.29, 1.82) is 0 Å². The summed E-state index contributed by atoms with van der Waals surface area (Å²) < 4.78 is 0. The minimum atomic E-state index is -0.0977. The number of hydrogen-bond donors (Lipinski definition) is 2. The van der Waals surface area contributed by atoms with Crippen molar-refractivity contribution in [1.82, 2.24) is 20.2 Å². The fraction of sp³-hybridized carbons (Fsp3) is 0.333. The van der Waals surface area contributed by atoms with Crippen molar-refractivity contribution in [2.24, 2.45) is 0 Å². The molecule has 3 rings (SSSR count). The molecule has 0 radical (unpaired) electrons. The average Bonchev–Trinajstić information content (AvgIpc) is 2.89. The number of nitrogens with zero attached hydrogens (tertiary/aromatic N) is 3. The minimum absolute atomic E-state index is 0.0393. The van der Waals surface area contributed by atoms with Gasteiger partial charge < -0.3 is 15.5 Å². The second-order valence-corrected chi connectivity index (χ2v) is 6.06. The largest absolute Gasteiger partial charge is 0.366 e. The third kappa shape index (κ3) is 3.93. The molecule has 0 saturated carbocycles. The molecule has 0 atom stereocenters. The molecule has 2 N–H and O–H groups in total. The molecule has 0 saturated heterocycles. The second kappa shape index (κ2) is 7.29. The number of carbonyl (C=O) groups excluding carboxylic acids is 2. The van der Waals surface area contributed by atoms with Gasteiger partial charge in [-0.05, 0) is 36.2 Å². The molecule has 25 heavy (non-hydrogen) atoms. The zero-order valence-corrected chi connectivity index (χ0v) is 14.4. The Hall–Kier alpha value is -2.96. The van der Waals surface area contributed by atoms with Crippen LogP contribution in [-0.4, -0.2) is 39.8 Å². The molecule has 0 aromatic carbocycles. The Kier molecular flexibility index (Phi) is 4.92. The highest BCUT2D eigenvalue weighted by atomic mass is 16.2. The van der Waals surface area contributed by atoms with E-state index in [0.29, 0.717) is 31.7 Å². The summed E-state index contributed by atoms with van der Waals surface area (Å²) in [4.78, 5) is 33.7. The topological polar surface area (TPSA) is 87.2 Å². The van der Waals surface area contributed by atoms with Gasteiger partial charge in [0.15, 0.2) is 0 Å². The average molecular weight is 339 g/mol. The van der Waals surface area contributed by atoms with Crippen LogP contribution >= 0.6 is 0 Å². The van der Waals surface area contributed by atoms with Crippen LogP contribution in [0.4, 0.5) is 5.82 Å². The highest BCUT2D eigenvalue weighted by Gasteiger charge is 2.28. The van der Waals surface area contributed by atoms with Gasteiger partial charge >= 0.3 is 0 Å². The molecule has 7 nitrogen and oxygen atoms in total. The quantitative estimate of drug-likeness (QED) is 0.832. The van der Waals surface area contributed by atoms with Crippen molar-refractivity contribution in [3.8, 4) is 0 Å². The first-order valence-electron chi connectivity index (χ1n) is 8.21. The van der Waals surface area contributed by atoms with E-state index in [1.165, 1.54) is 12.5 Å². The lowest BCUT2D eigenvalue weighted by atomic mass is 10.1. The Morgan fingerprint density at radius 2 is 2.16 bits per heavy atom. The van der Waals surface area contributed by atoms with Crippen molar-refractivity contribution in [2.75, 3.05) is 18.4 Å². The zero-order chi connectivity index (χ0) is 17.8. The predicted octanol–water partition coefficient (Wildman–Crippen LogP) is 1.49. The van der Waals surface area contributed by atoms with E-state index in [1.54, 1.807) is 11.1 Å². The molecule has 2 aromatic heterocycles. The van der Waals surface area contributed by atoms with Gasteiger partial charge in [-0.2, -0.15) is 0 Å². The number of pyridine rings is 2. The van der Waals surface area contributed by atoms with Crippen LogP contribution in [0.2, 0.25) is 0 Å². The van der Waals surface area contributed by atoms with E-state index < -0.39 is 0 Å². The van der Waals surface area contributed by atoms with E-state index >= 15 is 0 Å². The van der Waals surface area contributed by atoms with Gasteiger partial charge in [0.05, 0.1) is 17.8 Å². The Balaban J connectivity index is 1.63. The first kappa shape index (κ1) is 16.9. The van der Waals surface area contributed by atoms with Crippen molar-refractivity contribution in [3.63, 3.8) is 0 Å². The molecule has 0 spiro atoms. The third-order valence-corrected chi connectivity index (χ3v) is 4.20. The summed E-state index contributed by atoms with van der Waals surface area (Å²) in [6, 6.07) is 5.60. The fourth-order valence-electron chi connectivity index (χ4n) is 2.75. The van der Waals surface area contributed by atoms with Crippen LogP contribution in [0.25, 0.3) is 0 Å². The summed E-state index contributed by atoms with van der Waals surface area (Å²) in [6.45, 7) is 5.53. The SMILES string of the molecule is CC(=O)NCCN1Cc2nc(NCc3cnccc3C)ccc2C1=O. The van der Waals surface area contributed by atoms with Crippen LogP contribution < -0.4 is 10.6 Å². The van der Waals surface area contributed by atoms with Crippen LogP contribution in [0.5, 0.6) is 0 Å². The van der Waals surface area contributed by atoms with Gasteiger partial charge in [0.25, 0.3) is 5.91 Å². The van der Waals surface area contributed by atoms with E-state index in [-0.39, 0.29) is 11.8 Å². The monoisotopic (exact) mass is 339 g/mol.